The molecule has 0 unspecified atom stereocenters. The highest BCUT2D eigenvalue weighted by atomic mass is 16.1. The number of nitrogens with zero attached hydrogens (tertiary/aromatic N) is 4. The van der Waals surface area contributed by atoms with E-state index in [4.69, 9.17) is 0 Å². The first-order valence-corrected chi connectivity index (χ1v) is 6.28. The molecule has 100 valence electrons. The molecule has 0 spiro atoms. The highest BCUT2D eigenvalue weighted by Gasteiger charge is 2.09. The van der Waals surface area contributed by atoms with Gasteiger partial charge in [0.1, 0.15) is 12.7 Å². The number of carbonyl (C=O) groups is 1. The van der Waals surface area contributed by atoms with Crippen LogP contribution in [0.3, 0.4) is 0 Å². The van der Waals surface area contributed by atoms with E-state index in [9.17, 15) is 4.79 Å². The first kappa shape index (κ1) is 13.2. The standard InChI is InChI=1S/C13H17N5O/c1-3-10(2)13(19)16-7-11-4-5-12(15-6-11)18-9-14-8-17-18/h4-6,8-10H,3,7H2,1-2H3,(H,16,19)/t10-/m0/s1. The second-order valence-electron chi connectivity index (χ2n) is 4.39. The summed E-state index contributed by atoms with van der Waals surface area (Å²) >= 11 is 0. The van der Waals surface area contributed by atoms with Crippen molar-refractivity contribution in [2.45, 2.75) is 26.8 Å². The van der Waals surface area contributed by atoms with E-state index in [-0.39, 0.29) is 11.8 Å². The molecule has 0 saturated carbocycles. The molecule has 2 heterocycles. The van der Waals surface area contributed by atoms with Crippen molar-refractivity contribution < 1.29 is 4.79 Å². The van der Waals surface area contributed by atoms with Crippen molar-refractivity contribution in [2.75, 3.05) is 0 Å². The Labute approximate surface area is 111 Å². The lowest BCUT2D eigenvalue weighted by molar-refractivity contribution is -0.124. The number of nitrogens with one attached hydrogen (secondary N) is 1. The van der Waals surface area contributed by atoms with Crippen LogP contribution in [-0.4, -0.2) is 25.7 Å². The molecule has 19 heavy (non-hydrogen) atoms. The predicted octanol–water partition coefficient (Wildman–Crippen LogP) is 1.32. The smallest absolute Gasteiger partial charge is 0.223 e. The van der Waals surface area contributed by atoms with E-state index in [1.54, 1.807) is 17.2 Å². The van der Waals surface area contributed by atoms with Crippen molar-refractivity contribution >= 4 is 5.91 Å². The number of hydrogen-bond donors (Lipinski definition) is 1. The summed E-state index contributed by atoms with van der Waals surface area (Å²) in [5, 5.41) is 6.89. The normalized spacial score (nSPS) is 12.1. The fourth-order valence-electron chi connectivity index (χ4n) is 1.53. The van der Waals surface area contributed by atoms with Crippen molar-refractivity contribution in [3.05, 3.63) is 36.5 Å². The third-order valence-corrected chi connectivity index (χ3v) is 2.99. The Morgan fingerprint density at radius 2 is 2.32 bits per heavy atom. The van der Waals surface area contributed by atoms with Crippen LogP contribution in [0.2, 0.25) is 0 Å². The molecule has 6 heteroatoms. The molecule has 1 atom stereocenters. The van der Waals surface area contributed by atoms with Gasteiger partial charge in [0.2, 0.25) is 5.91 Å². The van der Waals surface area contributed by atoms with Crippen molar-refractivity contribution in [1.82, 2.24) is 25.1 Å². The van der Waals surface area contributed by atoms with Crippen LogP contribution in [0.4, 0.5) is 0 Å². The zero-order valence-corrected chi connectivity index (χ0v) is 11.1. The lowest BCUT2D eigenvalue weighted by Crippen LogP contribution is -2.28. The van der Waals surface area contributed by atoms with Crippen LogP contribution >= 0.6 is 0 Å². The Bertz CT molecular complexity index is 520. The molecule has 1 amide bonds. The molecule has 0 fully saturated rings. The zero-order valence-electron chi connectivity index (χ0n) is 11.1. The maximum Gasteiger partial charge on any atom is 0.223 e. The topological polar surface area (TPSA) is 72.7 Å². The quantitative estimate of drug-likeness (QED) is 0.879. The summed E-state index contributed by atoms with van der Waals surface area (Å²) in [5.41, 5.74) is 0.959. The molecule has 0 radical (unpaired) electrons. The Hall–Kier alpha value is -2.24. The number of rotatable bonds is 5. The molecule has 0 aromatic carbocycles. The monoisotopic (exact) mass is 259 g/mol. The van der Waals surface area contributed by atoms with Gasteiger partial charge in [-0.3, -0.25) is 4.79 Å². The largest absolute Gasteiger partial charge is 0.352 e. The van der Waals surface area contributed by atoms with Crippen LogP contribution in [0, 0.1) is 5.92 Å². The van der Waals surface area contributed by atoms with Crippen molar-refractivity contribution in [3.8, 4) is 5.82 Å². The average molecular weight is 259 g/mol. The third-order valence-electron chi connectivity index (χ3n) is 2.99. The lowest BCUT2D eigenvalue weighted by atomic mass is 10.1. The number of aromatic nitrogens is 4. The highest BCUT2D eigenvalue weighted by molar-refractivity contribution is 5.78. The van der Waals surface area contributed by atoms with Gasteiger partial charge in [-0.1, -0.05) is 19.9 Å². The summed E-state index contributed by atoms with van der Waals surface area (Å²) in [4.78, 5) is 19.8. The van der Waals surface area contributed by atoms with Crippen LogP contribution in [-0.2, 0) is 11.3 Å². The van der Waals surface area contributed by atoms with E-state index in [1.165, 1.54) is 6.33 Å². The maximum atomic E-state index is 11.6. The minimum absolute atomic E-state index is 0.0439. The molecular formula is C13H17N5O. The highest BCUT2D eigenvalue weighted by Crippen LogP contribution is 2.05. The Kier molecular flexibility index (Phi) is 4.22. The van der Waals surface area contributed by atoms with Gasteiger partial charge in [0.05, 0.1) is 0 Å². The molecule has 0 aliphatic carbocycles. The fraction of sp³-hybridized carbons (Fsp3) is 0.385. The van der Waals surface area contributed by atoms with Gasteiger partial charge in [-0.2, -0.15) is 5.10 Å². The molecule has 0 bridgehead atoms. The molecule has 0 aliphatic rings. The molecule has 1 N–H and O–H groups in total. The van der Waals surface area contributed by atoms with Gasteiger partial charge in [-0.25, -0.2) is 14.6 Å². The van der Waals surface area contributed by atoms with Gasteiger partial charge in [0, 0.05) is 18.7 Å². The fourth-order valence-corrected chi connectivity index (χ4v) is 1.53. The van der Waals surface area contributed by atoms with Crippen molar-refractivity contribution in [3.63, 3.8) is 0 Å². The van der Waals surface area contributed by atoms with E-state index < -0.39 is 0 Å². The summed E-state index contributed by atoms with van der Waals surface area (Å²) in [6.45, 7) is 4.41. The first-order chi connectivity index (χ1) is 9.20. The molecule has 0 aliphatic heterocycles. The number of pyridine rings is 1. The van der Waals surface area contributed by atoms with E-state index in [1.807, 2.05) is 26.0 Å². The van der Waals surface area contributed by atoms with Crippen molar-refractivity contribution in [2.24, 2.45) is 5.92 Å². The zero-order chi connectivity index (χ0) is 13.7. The summed E-state index contributed by atoms with van der Waals surface area (Å²) < 4.78 is 1.58. The summed E-state index contributed by atoms with van der Waals surface area (Å²) in [6, 6.07) is 3.76. The van der Waals surface area contributed by atoms with E-state index >= 15 is 0 Å². The van der Waals surface area contributed by atoms with Gasteiger partial charge in [-0.05, 0) is 18.1 Å². The minimum Gasteiger partial charge on any atom is -0.352 e. The van der Waals surface area contributed by atoms with Gasteiger partial charge in [-0.15, -0.1) is 0 Å². The second kappa shape index (κ2) is 6.08. The molecule has 2 rings (SSSR count). The summed E-state index contributed by atoms with van der Waals surface area (Å²) in [6.07, 6.45) is 5.62. The molecule has 0 saturated heterocycles. The first-order valence-electron chi connectivity index (χ1n) is 6.28. The maximum absolute atomic E-state index is 11.6. The molecule has 6 nitrogen and oxygen atoms in total. The van der Waals surface area contributed by atoms with Gasteiger partial charge in [0.25, 0.3) is 0 Å². The minimum atomic E-state index is 0.0439. The van der Waals surface area contributed by atoms with Crippen LogP contribution in [0.5, 0.6) is 0 Å². The molecular weight excluding hydrogens is 242 g/mol. The van der Waals surface area contributed by atoms with E-state index in [2.05, 4.69) is 20.4 Å². The summed E-state index contributed by atoms with van der Waals surface area (Å²) in [5.74, 6) is 0.819. The molecule has 2 aromatic rings. The number of carbonyl (C=O) groups excluding carboxylic acids is 1. The van der Waals surface area contributed by atoms with E-state index in [0.717, 1.165) is 12.0 Å². The van der Waals surface area contributed by atoms with Crippen LogP contribution in [0.25, 0.3) is 5.82 Å². The Morgan fingerprint density at radius 1 is 1.47 bits per heavy atom. The number of hydrogen-bond acceptors (Lipinski definition) is 4. The SMILES string of the molecule is CC[C@H](C)C(=O)NCc1ccc(-n2cncn2)nc1. The van der Waals surface area contributed by atoms with Gasteiger partial charge < -0.3 is 5.32 Å². The van der Waals surface area contributed by atoms with E-state index in [0.29, 0.717) is 12.4 Å². The second-order valence-corrected chi connectivity index (χ2v) is 4.39. The van der Waals surface area contributed by atoms with Crippen molar-refractivity contribution in [1.29, 1.82) is 0 Å². The van der Waals surface area contributed by atoms with Crippen LogP contribution in [0.1, 0.15) is 25.8 Å². The Balaban J connectivity index is 1.94. The van der Waals surface area contributed by atoms with Gasteiger partial charge in [0.15, 0.2) is 5.82 Å². The van der Waals surface area contributed by atoms with Crippen LogP contribution < -0.4 is 5.32 Å². The third kappa shape index (κ3) is 3.37. The lowest BCUT2D eigenvalue weighted by Gasteiger charge is -2.09. The average Bonchev–Trinajstić information content (AvgIpc) is 2.98. The molecule has 2 aromatic heterocycles. The Morgan fingerprint density at radius 3 is 2.89 bits per heavy atom. The van der Waals surface area contributed by atoms with Crippen LogP contribution in [0.15, 0.2) is 31.0 Å². The number of amides is 1. The van der Waals surface area contributed by atoms with Gasteiger partial charge >= 0.3 is 0 Å². The predicted molar refractivity (Wildman–Crippen MR) is 70.5 cm³/mol. The summed E-state index contributed by atoms with van der Waals surface area (Å²) in [7, 11) is 0.